The molecule has 1 aliphatic rings. The largest absolute Gasteiger partial charge is 0.481 e. The Morgan fingerprint density at radius 2 is 2.05 bits per heavy atom. The predicted octanol–water partition coefficient (Wildman–Crippen LogP) is 2.28. The Morgan fingerprint density at radius 1 is 1.33 bits per heavy atom. The van der Waals surface area contributed by atoms with E-state index in [1.165, 1.54) is 0 Å². The van der Waals surface area contributed by atoms with Gasteiger partial charge in [0, 0.05) is 6.42 Å². The average Bonchev–Trinajstić information content (AvgIpc) is 2.90. The van der Waals surface area contributed by atoms with Crippen LogP contribution in [0.4, 0.5) is 0 Å². The molecule has 1 heterocycles. The van der Waals surface area contributed by atoms with Crippen LogP contribution in [0, 0.1) is 0 Å². The predicted molar refractivity (Wildman–Crippen MR) is 77.8 cm³/mol. The molecule has 0 saturated carbocycles. The average molecular weight is 291 g/mol. The zero-order valence-corrected chi connectivity index (χ0v) is 12.1. The number of rotatable bonds is 6. The smallest absolute Gasteiger partial charge is 0.303 e. The molecule has 0 aromatic heterocycles. The third-order valence-corrected chi connectivity index (χ3v) is 3.69. The van der Waals surface area contributed by atoms with Crippen molar-refractivity contribution in [1.29, 1.82) is 0 Å². The van der Waals surface area contributed by atoms with Crippen LogP contribution in [0.5, 0.6) is 0 Å². The molecular weight excluding hydrogens is 270 g/mol. The van der Waals surface area contributed by atoms with Gasteiger partial charge in [-0.05, 0) is 31.7 Å². The second-order valence-corrected chi connectivity index (χ2v) is 5.42. The van der Waals surface area contributed by atoms with Gasteiger partial charge in [-0.3, -0.25) is 9.59 Å². The van der Waals surface area contributed by atoms with Crippen molar-refractivity contribution >= 4 is 11.9 Å². The molecule has 1 fully saturated rings. The standard InChI is InChI=1S/C16H21NO4/c1-11-7-9-14(21-11)16(20)17-13(8-10-15(18)19)12-5-3-2-4-6-12/h2-6,11,13-14H,7-10H2,1H3,(H,17,20)(H,18,19)/t11-,13-,14-/m1/s1. The third kappa shape index (κ3) is 4.56. The highest BCUT2D eigenvalue weighted by atomic mass is 16.5. The highest BCUT2D eigenvalue weighted by Crippen LogP contribution is 2.22. The van der Waals surface area contributed by atoms with Crippen LogP contribution in [0.3, 0.4) is 0 Å². The van der Waals surface area contributed by atoms with E-state index in [0.29, 0.717) is 12.8 Å². The minimum atomic E-state index is -0.865. The van der Waals surface area contributed by atoms with Gasteiger partial charge in [0.1, 0.15) is 6.10 Å². The number of carboxylic acid groups (broad SMARTS) is 1. The van der Waals surface area contributed by atoms with Crippen molar-refractivity contribution in [2.75, 3.05) is 0 Å². The highest BCUT2D eigenvalue weighted by molar-refractivity contribution is 5.81. The van der Waals surface area contributed by atoms with Gasteiger partial charge in [0.05, 0.1) is 12.1 Å². The molecule has 0 spiro atoms. The zero-order valence-electron chi connectivity index (χ0n) is 12.1. The van der Waals surface area contributed by atoms with Crippen LogP contribution >= 0.6 is 0 Å². The molecule has 1 amide bonds. The second-order valence-electron chi connectivity index (χ2n) is 5.42. The maximum Gasteiger partial charge on any atom is 0.303 e. The maximum atomic E-state index is 12.2. The fraction of sp³-hybridized carbons (Fsp3) is 0.500. The van der Waals surface area contributed by atoms with Crippen molar-refractivity contribution in [3.63, 3.8) is 0 Å². The number of aliphatic carboxylic acids is 1. The van der Waals surface area contributed by atoms with Gasteiger partial charge in [0.25, 0.3) is 0 Å². The third-order valence-electron chi connectivity index (χ3n) is 3.69. The number of amides is 1. The van der Waals surface area contributed by atoms with Crippen LogP contribution in [-0.2, 0) is 14.3 Å². The van der Waals surface area contributed by atoms with E-state index >= 15 is 0 Å². The van der Waals surface area contributed by atoms with E-state index in [1.807, 2.05) is 37.3 Å². The Bertz CT molecular complexity index is 488. The van der Waals surface area contributed by atoms with Crippen LogP contribution in [0.25, 0.3) is 0 Å². The van der Waals surface area contributed by atoms with E-state index in [-0.39, 0.29) is 24.5 Å². The summed E-state index contributed by atoms with van der Waals surface area (Å²) in [5.41, 5.74) is 0.915. The minimum Gasteiger partial charge on any atom is -0.481 e. The topological polar surface area (TPSA) is 75.6 Å². The summed E-state index contributed by atoms with van der Waals surface area (Å²) < 4.78 is 5.56. The zero-order chi connectivity index (χ0) is 15.2. The Morgan fingerprint density at radius 3 is 2.62 bits per heavy atom. The van der Waals surface area contributed by atoms with Gasteiger partial charge < -0.3 is 15.2 Å². The minimum absolute atomic E-state index is 0.0156. The normalized spacial score (nSPS) is 22.7. The van der Waals surface area contributed by atoms with Crippen molar-refractivity contribution in [3.05, 3.63) is 35.9 Å². The highest BCUT2D eigenvalue weighted by Gasteiger charge is 2.29. The van der Waals surface area contributed by atoms with Crippen LogP contribution in [0.15, 0.2) is 30.3 Å². The van der Waals surface area contributed by atoms with Gasteiger partial charge in [-0.2, -0.15) is 0 Å². The van der Waals surface area contributed by atoms with Crippen LogP contribution in [0.1, 0.15) is 44.2 Å². The number of ether oxygens (including phenoxy) is 1. The van der Waals surface area contributed by atoms with Crippen molar-refractivity contribution in [2.24, 2.45) is 0 Å². The summed E-state index contributed by atoms with van der Waals surface area (Å²) in [5, 5.41) is 11.8. The number of carbonyl (C=O) groups is 2. The number of carboxylic acids is 1. The molecule has 3 atom stereocenters. The molecular formula is C16H21NO4. The van der Waals surface area contributed by atoms with Crippen molar-refractivity contribution in [1.82, 2.24) is 5.32 Å². The number of hydrogen-bond acceptors (Lipinski definition) is 3. The van der Waals surface area contributed by atoms with Gasteiger partial charge in [0.15, 0.2) is 0 Å². The molecule has 0 aliphatic carbocycles. The molecule has 5 nitrogen and oxygen atoms in total. The molecule has 21 heavy (non-hydrogen) atoms. The number of carbonyl (C=O) groups excluding carboxylic acids is 1. The molecule has 1 aromatic carbocycles. The molecule has 0 unspecified atom stereocenters. The van der Waals surface area contributed by atoms with Crippen molar-refractivity contribution < 1.29 is 19.4 Å². The molecule has 1 saturated heterocycles. The summed E-state index contributed by atoms with van der Waals surface area (Å²) in [6.45, 7) is 1.95. The van der Waals surface area contributed by atoms with E-state index in [0.717, 1.165) is 12.0 Å². The van der Waals surface area contributed by atoms with Crippen LogP contribution in [-0.4, -0.2) is 29.2 Å². The summed E-state index contributed by atoms with van der Waals surface area (Å²) in [5.74, 6) is -1.02. The maximum absolute atomic E-state index is 12.2. The van der Waals surface area contributed by atoms with Crippen molar-refractivity contribution in [3.8, 4) is 0 Å². The summed E-state index contributed by atoms with van der Waals surface area (Å²) in [6.07, 6.45) is 1.66. The first-order valence-corrected chi connectivity index (χ1v) is 7.29. The van der Waals surface area contributed by atoms with Gasteiger partial charge >= 0.3 is 5.97 Å². The summed E-state index contributed by atoms with van der Waals surface area (Å²) >= 11 is 0. The Kier molecular flexibility index (Phi) is 5.33. The van der Waals surface area contributed by atoms with E-state index in [1.54, 1.807) is 0 Å². The van der Waals surface area contributed by atoms with Crippen LogP contribution in [0.2, 0.25) is 0 Å². The number of benzene rings is 1. The Labute approximate surface area is 124 Å². The molecule has 1 aromatic rings. The van der Waals surface area contributed by atoms with E-state index < -0.39 is 12.1 Å². The second kappa shape index (κ2) is 7.22. The first kappa shape index (κ1) is 15.5. The van der Waals surface area contributed by atoms with E-state index in [2.05, 4.69) is 5.32 Å². The lowest BCUT2D eigenvalue weighted by Crippen LogP contribution is -2.37. The first-order valence-electron chi connectivity index (χ1n) is 7.29. The monoisotopic (exact) mass is 291 g/mol. The summed E-state index contributed by atoms with van der Waals surface area (Å²) in [6, 6.07) is 9.14. The number of nitrogens with one attached hydrogen (secondary N) is 1. The van der Waals surface area contributed by atoms with Crippen molar-refractivity contribution in [2.45, 2.75) is 50.9 Å². The molecule has 0 radical (unpaired) electrons. The molecule has 0 bridgehead atoms. The fourth-order valence-electron chi connectivity index (χ4n) is 2.54. The SMILES string of the molecule is C[C@@H]1CC[C@H](C(=O)N[C@H](CCC(=O)O)c2ccccc2)O1. The van der Waals surface area contributed by atoms with Crippen LogP contribution < -0.4 is 5.32 Å². The molecule has 2 N–H and O–H groups in total. The Balaban J connectivity index is 2.01. The molecule has 1 aliphatic heterocycles. The van der Waals surface area contributed by atoms with Gasteiger partial charge in [-0.25, -0.2) is 0 Å². The quantitative estimate of drug-likeness (QED) is 0.843. The molecule has 5 heteroatoms. The molecule has 2 rings (SSSR count). The number of hydrogen-bond donors (Lipinski definition) is 2. The first-order chi connectivity index (χ1) is 10.1. The Hall–Kier alpha value is -1.88. The summed E-state index contributed by atoms with van der Waals surface area (Å²) in [7, 11) is 0. The van der Waals surface area contributed by atoms with Gasteiger partial charge in [-0.1, -0.05) is 30.3 Å². The fourth-order valence-corrected chi connectivity index (χ4v) is 2.54. The van der Waals surface area contributed by atoms with Gasteiger partial charge in [0.2, 0.25) is 5.91 Å². The van der Waals surface area contributed by atoms with Gasteiger partial charge in [-0.15, -0.1) is 0 Å². The lowest BCUT2D eigenvalue weighted by atomic mass is 10.0. The lowest BCUT2D eigenvalue weighted by Gasteiger charge is -2.21. The van der Waals surface area contributed by atoms with E-state index in [4.69, 9.17) is 9.84 Å². The lowest BCUT2D eigenvalue weighted by molar-refractivity contribution is -0.138. The molecule has 114 valence electrons. The van der Waals surface area contributed by atoms with E-state index in [9.17, 15) is 9.59 Å². The summed E-state index contributed by atoms with van der Waals surface area (Å²) in [4.78, 5) is 23.0.